The molecular weight excluding hydrogens is 345 g/mol. The van der Waals surface area contributed by atoms with E-state index in [4.69, 9.17) is 5.73 Å². The van der Waals surface area contributed by atoms with Crippen LogP contribution >= 0.6 is 0 Å². The molecule has 3 rings (SSSR count). The molecule has 1 aromatic heterocycles. The predicted molar refractivity (Wildman–Crippen MR) is 105 cm³/mol. The Morgan fingerprint density at radius 3 is 2.59 bits per heavy atom. The van der Waals surface area contributed by atoms with E-state index < -0.39 is 11.7 Å². The molecule has 1 heterocycles. The number of nitrogens with two attached hydrogens (primary N) is 1. The van der Waals surface area contributed by atoms with Crippen LogP contribution in [0.4, 0.5) is 21.8 Å². The van der Waals surface area contributed by atoms with Crippen LogP contribution in [-0.2, 0) is 0 Å². The molecule has 0 saturated heterocycles. The minimum absolute atomic E-state index is 0.0956. The van der Waals surface area contributed by atoms with Crippen molar-refractivity contribution in [2.75, 3.05) is 24.3 Å². The fourth-order valence-electron chi connectivity index (χ4n) is 3.81. The number of carbonyl (C=O) groups excluding carboxylic acids is 1. The zero-order valence-corrected chi connectivity index (χ0v) is 16.1. The summed E-state index contributed by atoms with van der Waals surface area (Å²) in [5.41, 5.74) is 7.78. The minimum atomic E-state index is -0.544. The third-order valence-corrected chi connectivity index (χ3v) is 5.08. The van der Waals surface area contributed by atoms with Gasteiger partial charge >= 0.3 is 0 Å². The van der Waals surface area contributed by atoms with Crippen LogP contribution in [0.25, 0.3) is 0 Å². The van der Waals surface area contributed by atoms with Gasteiger partial charge in [-0.05, 0) is 43.4 Å². The normalized spacial score (nSPS) is 14.8. The van der Waals surface area contributed by atoms with Crippen LogP contribution < -0.4 is 16.0 Å². The number of benzene rings is 1. The van der Waals surface area contributed by atoms with Crippen LogP contribution in [0.3, 0.4) is 0 Å². The second kappa shape index (κ2) is 7.90. The molecule has 3 N–H and O–H groups in total. The van der Waals surface area contributed by atoms with Gasteiger partial charge in [-0.1, -0.05) is 19.3 Å². The number of amides is 1. The predicted octanol–water partition coefficient (Wildman–Crippen LogP) is 3.88. The van der Waals surface area contributed by atoms with Crippen LogP contribution in [0, 0.1) is 12.7 Å². The average Bonchev–Trinajstić information content (AvgIpc) is 2.64. The second-order valence-electron chi connectivity index (χ2n) is 7.30. The van der Waals surface area contributed by atoms with E-state index in [1.807, 2.05) is 25.9 Å². The number of aryl methyl sites for hydroxylation is 1. The number of carbonyl (C=O) groups is 1. The van der Waals surface area contributed by atoms with E-state index >= 15 is 0 Å². The lowest BCUT2D eigenvalue weighted by atomic mass is 9.81. The average molecular weight is 371 g/mol. The summed E-state index contributed by atoms with van der Waals surface area (Å²) in [6, 6.07) is 2.75. The van der Waals surface area contributed by atoms with Gasteiger partial charge in [-0.2, -0.15) is 4.98 Å². The lowest BCUT2D eigenvalue weighted by Crippen LogP contribution is -2.19. The summed E-state index contributed by atoms with van der Waals surface area (Å²) in [6.45, 7) is 1.92. The molecule has 0 unspecified atom stereocenters. The molecule has 1 saturated carbocycles. The Bertz CT molecular complexity index is 847. The fourth-order valence-corrected chi connectivity index (χ4v) is 3.81. The van der Waals surface area contributed by atoms with E-state index in [0.29, 0.717) is 17.1 Å². The van der Waals surface area contributed by atoms with Crippen LogP contribution in [-0.4, -0.2) is 30.0 Å². The molecule has 0 aliphatic heterocycles. The Hall–Kier alpha value is -2.70. The number of nitrogens with zero attached hydrogens (tertiary/aromatic N) is 3. The first kappa shape index (κ1) is 19.1. The van der Waals surface area contributed by atoms with Gasteiger partial charge in [0.25, 0.3) is 0 Å². The third-order valence-electron chi connectivity index (χ3n) is 5.08. The molecule has 1 aliphatic carbocycles. The fraction of sp³-hybridized carbons (Fsp3) is 0.450. The minimum Gasteiger partial charge on any atom is -0.366 e. The first-order valence-corrected chi connectivity index (χ1v) is 9.28. The molecule has 6 nitrogen and oxygen atoms in total. The highest BCUT2D eigenvalue weighted by atomic mass is 19.1. The molecule has 1 aromatic carbocycles. The highest BCUT2D eigenvalue weighted by Gasteiger charge is 2.26. The number of anilines is 3. The third kappa shape index (κ3) is 4.02. The molecule has 0 bridgehead atoms. The van der Waals surface area contributed by atoms with Gasteiger partial charge in [-0.25, -0.2) is 9.37 Å². The number of rotatable bonds is 5. The number of halogens is 1. The SMILES string of the molecule is Cc1cnc(Nc2c(F)ccc(C(N)=O)c2C2CCCCC2)nc1N(C)C. The molecular formula is C20H26FN5O. The van der Waals surface area contributed by atoms with Crippen molar-refractivity contribution in [2.45, 2.75) is 44.9 Å². The van der Waals surface area contributed by atoms with Crippen molar-refractivity contribution in [1.29, 1.82) is 0 Å². The van der Waals surface area contributed by atoms with Crippen LogP contribution in [0.1, 0.15) is 59.5 Å². The maximum atomic E-state index is 14.8. The van der Waals surface area contributed by atoms with Crippen LogP contribution in [0.2, 0.25) is 0 Å². The summed E-state index contributed by atoms with van der Waals surface area (Å²) in [5.74, 6) is 0.159. The number of aromatic nitrogens is 2. The van der Waals surface area contributed by atoms with Crippen molar-refractivity contribution in [2.24, 2.45) is 5.73 Å². The summed E-state index contributed by atoms with van der Waals surface area (Å²) in [5, 5.41) is 3.02. The molecule has 0 atom stereocenters. The quantitative estimate of drug-likeness (QED) is 0.833. The maximum Gasteiger partial charge on any atom is 0.249 e. The van der Waals surface area contributed by atoms with Gasteiger partial charge in [-0.3, -0.25) is 4.79 Å². The van der Waals surface area contributed by atoms with E-state index in [9.17, 15) is 9.18 Å². The van der Waals surface area contributed by atoms with Crippen LogP contribution in [0.5, 0.6) is 0 Å². The Balaban J connectivity index is 2.07. The largest absolute Gasteiger partial charge is 0.366 e. The van der Waals surface area contributed by atoms with E-state index in [-0.39, 0.29) is 11.6 Å². The van der Waals surface area contributed by atoms with Gasteiger partial charge in [-0.15, -0.1) is 0 Å². The number of hydrogen-bond donors (Lipinski definition) is 2. The molecule has 0 spiro atoms. The zero-order chi connectivity index (χ0) is 19.6. The van der Waals surface area contributed by atoms with Crippen molar-refractivity contribution in [1.82, 2.24) is 9.97 Å². The number of primary amides is 1. The molecule has 144 valence electrons. The van der Waals surface area contributed by atoms with E-state index in [1.165, 1.54) is 12.1 Å². The van der Waals surface area contributed by atoms with Gasteiger partial charge in [0, 0.05) is 31.4 Å². The van der Waals surface area contributed by atoms with Gasteiger partial charge in [0.15, 0.2) is 0 Å². The van der Waals surface area contributed by atoms with E-state index in [2.05, 4.69) is 15.3 Å². The van der Waals surface area contributed by atoms with Gasteiger partial charge in [0.1, 0.15) is 11.6 Å². The molecule has 0 radical (unpaired) electrons. The molecule has 1 amide bonds. The van der Waals surface area contributed by atoms with Gasteiger partial charge in [0.2, 0.25) is 11.9 Å². The first-order chi connectivity index (χ1) is 12.9. The maximum absolute atomic E-state index is 14.8. The smallest absolute Gasteiger partial charge is 0.249 e. The summed E-state index contributed by atoms with van der Waals surface area (Å²) in [4.78, 5) is 22.7. The molecule has 7 heteroatoms. The molecule has 2 aromatic rings. The number of nitrogens with one attached hydrogen (secondary N) is 1. The Kier molecular flexibility index (Phi) is 5.58. The van der Waals surface area contributed by atoms with Crippen molar-refractivity contribution < 1.29 is 9.18 Å². The summed E-state index contributed by atoms with van der Waals surface area (Å²) < 4.78 is 14.8. The van der Waals surface area contributed by atoms with Crippen molar-refractivity contribution in [3.63, 3.8) is 0 Å². The summed E-state index contributed by atoms with van der Waals surface area (Å²) in [7, 11) is 3.78. The zero-order valence-electron chi connectivity index (χ0n) is 16.1. The Labute approximate surface area is 159 Å². The molecule has 27 heavy (non-hydrogen) atoms. The van der Waals surface area contributed by atoms with Crippen molar-refractivity contribution in [3.05, 3.63) is 40.8 Å². The Morgan fingerprint density at radius 2 is 1.96 bits per heavy atom. The number of hydrogen-bond acceptors (Lipinski definition) is 5. The highest BCUT2D eigenvalue weighted by molar-refractivity contribution is 5.96. The molecule has 1 fully saturated rings. The highest BCUT2D eigenvalue weighted by Crippen LogP contribution is 2.40. The monoisotopic (exact) mass is 371 g/mol. The summed E-state index contributed by atoms with van der Waals surface area (Å²) >= 11 is 0. The van der Waals surface area contributed by atoms with E-state index in [0.717, 1.165) is 43.5 Å². The second-order valence-corrected chi connectivity index (χ2v) is 7.30. The van der Waals surface area contributed by atoms with Crippen molar-refractivity contribution in [3.8, 4) is 0 Å². The molecule has 1 aliphatic rings. The lowest BCUT2D eigenvalue weighted by molar-refractivity contribution is 0.0998. The first-order valence-electron chi connectivity index (χ1n) is 9.28. The van der Waals surface area contributed by atoms with Crippen LogP contribution in [0.15, 0.2) is 18.3 Å². The summed E-state index contributed by atoms with van der Waals surface area (Å²) in [6.07, 6.45) is 6.80. The topological polar surface area (TPSA) is 84.1 Å². The lowest BCUT2D eigenvalue weighted by Gasteiger charge is -2.26. The van der Waals surface area contributed by atoms with E-state index in [1.54, 1.807) is 6.20 Å². The standard InChI is InChI=1S/C20H26FN5O/c1-12-11-23-20(25-19(12)26(2)3)24-17-15(21)10-9-14(18(22)27)16(17)13-7-5-4-6-8-13/h9-11,13H,4-8H2,1-3H3,(H2,22,27)(H,23,24,25). The Morgan fingerprint density at radius 1 is 1.26 bits per heavy atom. The van der Waals surface area contributed by atoms with Crippen molar-refractivity contribution >= 4 is 23.4 Å². The van der Waals surface area contributed by atoms with Gasteiger partial charge < -0.3 is 16.0 Å². The van der Waals surface area contributed by atoms with Gasteiger partial charge in [0.05, 0.1) is 5.69 Å².